The van der Waals surface area contributed by atoms with Crippen molar-refractivity contribution >= 4 is 11.6 Å². The highest BCUT2D eigenvalue weighted by Crippen LogP contribution is 2.34. The molecule has 100 valence electrons. The van der Waals surface area contributed by atoms with Crippen LogP contribution < -0.4 is 5.73 Å². The Balaban J connectivity index is 2.06. The number of likely N-dealkylation sites (N-methyl/N-ethyl adjacent to an activating group) is 1. The van der Waals surface area contributed by atoms with Gasteiger partial charge in [0.2, 0.25) is 0 Å². The van der Waals surface area contributed by atoms with E-state index >= 15 is 0 Å². The first-order chi connectivity index (χ1) is 8.63. The van der Waals surface area contributed by atoms with Crippen LogP contribution >= 0.6 is 11.6 Å². The van der Waals surface area contributed by atoms with Gasteiger partial charge in [-0.25, -0.2) is 0 Å². The van der Waals surface area contributed by atoms with E-state index in [1.807, 2.05) is 12.1 Å². The quantitative estimate of drug-likeness (QED) is 0.884. The minimum Gasteiger partial charge on any atom is -0.329 e. The molecule has 1 aliphatic carbocycles. The molecule has 0 amide bonds. The number of nitrogens with two attached hydrogens (primary N) is 1. The molecule has 1 aliphatic rings. The number of hydrogen-bond acceptors (Lipinski definition) is 2. The average molecular weight is 267 g/mol. The number of benzene rings is 1. The summed E-state index contributed by atoms with van der Waals surface area (Å²) in [6, 6.07) is 9.03. The Morgan fingerprint density at radius 3 is 2.39 bits per heavy atom. The number of nitrogens with zero attached hydrogens (tertiary/aromatic N) is 1. The van der Waals surface area contributed by atoms with Crippen molar-refractivity contribution in [2.24, 2.45) is 11.7 Å². The minimum atomic E-state index is 0.386. The third-order valence-electron chi connectivity index (χ3n) is 4.42. The van der Waals surface area contributed by atoms with Gasteiger partial charge >= 0.3 is 0 Å². The molecule has 2 nitrogen and oxygen atoms in total. The Bertz CT molecular complexity index is 373. The summed E-state index contributed by atoms with van der Waals surface area (Å²) >= 11 is 5.93. The third kappa shape index (κ3) is 2.87. The first-order valence-corrected chi connectivity index (χ1v) is 7.18. The molecule has 0 aromatic heterocycles. The SMILES string of the molecule is CC(c1ccc(Cl)cc1)N(C)C(CN)C1CCC1. The maximum absolute atomic E-state index is 5.96. The minimum absolute atomic E-state index is 0.386. The van der Waals surface area contributed by atoms with Crippen molar-refractivity contribution in [3.05, 3.63) is 34.9 Å². The highest BCUT2D eigenvalue weighted by Gasteiger charge is 2.31. The van der Waals surface area contributed by atoms with Crippen molar-refractivity contribution in [3.63, 3.8) is 0 Å². The van der Waals surface area contributed by atoms with Crippen LogP contribution in [0, 0.1) is 5.92 Å². The highest BCUT2D eigenvalue weighted by molar-refractivity contribution is 6.30. The molecular formula is C15H23ClN2. The summed E-state index contributed by atoms with van der Waals surface area (Å²) in [7, 11) is 2.19. The average Bonchev–Trinajstić information content (AvgIpc) is 2.32. The monoisotopic (exact) mass is 266 g/mol. The molecule has 0 spiro atoms. The second-order valence-corrected chi connectivity index (χ2v) is 5.82. The van der Waals surface area contributed by atoms with Crippen molar-refractivity contribution in [1.29, 1.82) is 0 Å². The zero-order valence-electron chi connectivity index (χ0n) is 11.3. The molecule has 0 heterocycles. The van der Waals surface area contributed by atoms with Crippen molar-refractivity contribution in [2.75, 3.05) is 13.6 Å². The predicted octanol–water partition coefficient (Wildman–Crippen LogP) is 3.46. The van der Waals surface area contributed by atoms with Crippen molar-refractivity contribution < 1.29 is 0 Å². The van der Waals surface area contributed by atoms with Crippen LogP contribution in [0.3, 0.4) is 0 Å². The molecular weight excluding hydrogens is 244 g/mol. The van der Waals surface area contributed by atoms with E-state index < -0.39 is 0 Å². The van der Waals surface area contributed by atoms with E-state index in [2.05, 4.69) is 31.0 Å². The fourth-order valence-corrected chi connectivity index (χ4v) is 2.91. The lowest BCUT2D eigenvalue weighted by Crippen LogP contribution is -2.46. The predicted molar refractivity (Wildman–Crippen MR) is 77.8 cm³/mol. The van der Waals surface area contributed by atoms with E-state index in [9.17, 15) is 0 Å². The maximum atomic E-state index is 5.96. The summed E-state index contributed by atoms with van der Waals surface area (Å²) in [5.74, 6) is 0.787. The van der Waals surface area contributed by atoms with Gasteiger partial charge in [-0.1, -0.05) is 30.2 Å². The van der Waals surface area contributed by atoms with Crippen LogP contribution in [0.15, 0.2) is 24.3 Å². The van der Waals surface area contributed by atoms with E-state index in [1.54, 1.807) is 0 Å². The lowest BCUT2D eigenvalue weighted by Gasteiger charge is -2.41. The lowest BCUT2D eigenvalue weighted by molar-refractivity contribution is 0.0932. The molecule has 2 atom stereocenters. The van der Waals surface area contributed by atoms with Crippen LogP contribution in [-0.4, -0.2) is 24.5 Å². The summed E-state index contributed by atoms with van der Waals surface area (Å²) in [5.41, 5.74) is 7.27. The summed E-state index contributed by atoms with van der Waals surface area (Å²) < 4.78 is 0. The maximum Gasteiger partial charge on any atom is 0.0406 e. The molecule has 2 rings (SSSR count). The normalized spacial score (nSPS) is 19.6. The van der Waals surface area contributed by atoms with Gasteiger partial charge < -0.3 is 5.73 Å². The molecule has 1 fully saturated rings. The Kier molecular flexibility index (Phi) is 4.66. The molecule has 1 saturated carbocycles. The van der Waals surface area contributed by atoms with E-state index in [4.69, 9.17) is 17.3 Å². The van der Waals surface area contributed by atoms with Gasteiger partial charge in [0.15, 0.2) is 0 Å². The van der Waals surface area contributed by atoms with Crippen LogP contribution in [0.25, 0.3) is 0 Å². The fourth-order valence-electron chi connectivity index (χ4n) is 2.78. The van der Waals surface area contributed by atoms with Crippen LogP contribution in [0.5, 0.6) is 0 Å². The molecule has 0 radical (unpaired) electrons. The van der Waals surface area contributed by atoms with Gasteiger partial charge in [0, 0.05) is 23.7 Å². The Labute approximate surface area is 115 Å². The van der Waals surface area contributed by atoms with Crippen LogP contribution in [-0.2, 0) is 0 Å². The van der Waals surface area contributed by atoms with Crippen molar-refractivity contribution in [2.45, 2.75) is 38.3 Å². The summed E-state index contributed by atoms with van der Waals surface area (Å²) in [6.07, 6.45) is 4.03. The Morgan fingerprint density at radius 1 is 1.33 bits per heavy atom. The lowest BCUT2D eigenvalue weighted by atomic mass is 9.78. The van der Waals surface area contributed by atoms with Crippen LogP contribution in [0.2, 0.25) is 5.02 Å². The molecule has 2 unspecified atom stereocenters. The first kappa shape index (κ1) is 13.9. The molecule has 2 N–H and O–H groups in total. The summed E-state index contributed by atoms with van der Waals surface area (Å²) in [4.78, 5) is 2.42. The van der Waals surface area contributed by atoms with Gasteiger partial charge in [-0.05, 0) is 50.4 Å². The van der Waals surface area contributed by atoms with Gasteiger partial charge in [-0.2, -0.15) is 0 Å². The van der Waals surface area contributed by atoms with Gasteiger partial charge in [0.05, 0.1) is 0 Å². The van der Waals surface area contributed by atoms with E-state index in [0.29, 0.717) is 12.1 Å². The zero-order valence-corrected chi connectivity index (χ0v) is 12.0. The smallest absolute Gasteiger partial charge is 0.0406 e. The molecule has 0 saturated heterocycles. The van der Waals surface area contributed by atoms with E-state index in [-0.39, 0.29) is 0 Å². The molecule has 18 heavy (non-hydrogen) atoms. The van der Waals surface area contributed by atoms with Gasteiger partial charge in [-0.3, -0.25) is 4.90 Å². The van der Waals surface area contributed by atoms with E-state index in [1.165, 1.54) is 24.8 Å². The van der Waals surface area contributed by atoms with Crippen molar-refractivity contribution in [3.8, 4) is 0 Å². The summed E-state index contributed by atoms with van der Waals surface area (Å²) in [5, 5.41) is 0.794. The van der Waals surface area contributed by atoms with Crippen molar-refractivity contribution in [1.82, 2.24) is 4.90 Å². The largest absolute Gasteiger partial charge is 0.329 e. The Morgan fingerprint density at radius 2 is 1.94 bits per heavy atom. The molecule has 1 aromatic rings. The third-order valence-corrected chi connectivity index (χ3v) is 4.67. The molecule has 3 heteroatoms. The number of rotatable bonds is 5. The molecule has 1 aromatic carbocycles. The van der Waals surface area contributed by atoms with E-state index in [0.717, 1.165) is 17.5 Å². The molecule has 0 aliphatic heterocycles. The topological polar surface area (TPSA) is 29.3 Å². The molecule has 0 bridgehead atoms. The van der Waals surface area contributed by atoms with Gasteiger partial charge in [0.1, 0.15) is 0 Å². The second kappa shape index (κ2) is 6.05. The number of hydrogen-bond donors (Lipinski definition) is 1. The fraction of sp³-hybridized carbons (Fsp3) is 0.600. The van der Waals surface area contributed by atoms with Gasteiger partial charge in [0.25, 0.3) is 0 Å². The Hall–Kier alpha value is -0.570. The number of halogens is 1. The second-order valence-electron chi connectivity index (χ2n) is 5.39. The van der Waals surface area contributed by atoms with Gasteiger partial charge in [-0.15, -0.1) is 0 Å². The van der Waals surface area contributed by atoms with Crippen LogP contribution in [0.1, 0.15) is 37.8 Å². The first-order valence-electron chi connectivity index (χ1n) is 6.81. The van der Waals surface area contributed by atoms with Crippen LogP contribution in [0.4, 0.5) is 0 Å². The standard InChI is InChI=1S/C15H23ClN2/c1-11(12-6-8-14(16)9-7-12)18(2)15(10-17)13-4-3-5-13/h6-9,11,13,15H,3-5,10,17H2,1-2H3. The highest BCUT2D eigenvalue weighted by atomic mass is 35.5. The zero-order chi connectivity index (χ0) is 13.1. The summed E-state index contributed by atoms with van der Waals surface area (Å²) in [6.45, 7) is 2.99.